The highest BCUT2D eigenvalue weighted by molar-refractivity contribution is 7.99. The number of carbonyl (C=O) groups excluding carboxylic acids is 2. The lowest BCUT2D eigenvalue weighted by atomic mass is 10.0. The molecular formula is C17H24FN3O2S. The molecule has 24 heavy (non-hydrogen) atoms. The van der Waals surface area contributed by atoms with Crippen LogP contribution in [0.1, 0.15) is 44.0 Å². The molecule has 0 bridgehead atoms. The summed E-state index contributed by atoms with van der Waals surface area (Å²) in [4.78, 5) is 30.0. The highest BCUT2D eigenvalue weighted by atomic mass is 32.2. The minimum atomic E-state index is -0.698. The van der Waals surface area contributed by atoms with Gasteiger partial charge in [-0.25, -0.2) is 4.98 Å². The molecular weight excluding hydrogens is 329 g/mol. The second-order valence-electron chi connectivity index (χ2n) is 6.54. The maximum absolute atomic E-state index is 13.2. The summed E-state index contributed by atoms with van der Waals surface area (Å²) in [5, 5.41) is 2.99. The van der Waals surface area contributed by atoms with Gasteiger partial charge in [0.1, 0.15) is 6.04 Å². The second kappa shape index (κ2) is 8.46. The van der Waals surface area contributed by atoms with Crippen LogP contribution in [-0.2, 0) is 4.79 Å². The topological polar surface area (TPSA) is 62.3 Å². The third kappa shape index (κ3) is 4.93. The average Bonchev–Trinajstić information content (AvgIpc) is 3.01. The van der Waals surface area contributed by atoms with Crippen molar-refractivity contribution in [1.29, 1.82) is 0 Å². The van der Waals surface area contributed by atoms with Crippen LogP contribution < -0.4 is 5.32 Å². The van der Waals surface area contributed by atoms with Crippen LogP contribution in [0.3, 0.4) is 0 Å². The summed E-state index contributed by atoms with van der Waals surface area (Å²) in [5.74, 6) is 0.404. The Hall–Kier alpha value is -1.63. The Kier molecular flexibility index (Phi) is 6.60. The van der Waals surface area contributed by atoms with Crippen LogP contribution >= 0.6 is 11.8 Å². The van der Waals surface area contributed by atoms with Crippen molar-refractivity contribution >= 4 is 23.6 Å². The molecule has 7 heteroatoms. The molecule has 0 saturated carbocycles. The molecule has 0 spiro atoms. The summed E-state index contributed by atoms with van der Waals surface area (Å²) in [5.41, 5.74) is 0.218. The summed E-state index contributed by atoms with van der Waals surface area (Å²) in [6.45, 7) is 6.28. The molecule has 2 amide bonds. The first-order chi connectivity index (χ1) is 11.4. The molecule has 1 aromatic rings. The van der Waals surface area contributed by atoms with Gasteiger partial charge in [0.2, 0.25) is 11.9 Å². The van der Waals surface area contributed by atoms with Gasteiger partial charge in [0.05, 0.1) is 5.88 Å². The number of nitrogens with zero attached hydrogens (tertiary/aromatic N) is 2. The molecule has 2 rings (SSSR count). The molecule has 1 aliphatic heterocycles. The zero-order valence-corrected chi connectivity index (χ0v) is 15.1. The number of nitrogens with one attached hydrogen (secondary N) is 1. The number of carbonyl (C=O) groups is 2. The predicted octanol–water partition coefficient (Wildman–Crippen LogP) is 2.68. The smallest absolute Gasteiger partial charge is 0.255 e. The summed E-state index contributed by atoms with van der Waals surface area (Å²) >= 11 is 1.53. The van der Waals surface area contributed by atoms with Crippen molar-refractivity contribution in [3.05, 3.63) is 29.8 Å². The Labute approximate surface area is 146 Å². The first-order valence-corrected chi connectivity index (χ1v) is 9.34. The van der Waals surface area contributed by atoms with Crippen molar-refractivity contribution in [3.63, 3.8) is 0 Å². The van der Waals surface area contributed by atoms with E-state index >= 15 is 0 Å². The molecule has 0 aromatic carbocycles. The summed E-state index contributed by atoms with van der Waals surface area (Å²) in [6.07, 6.45) is 3.21. The number of hydrogen-bond donors (Lipinski definition) is 1. The van der Waals surface area contributed by atoms with Gasteiger partial charge in [-0.3, -0.25) is 9.59 Å². The molecule has 1 aliphatic rings. The quantitative estimate of drug-likeness (QED) is 0.799. The van der Waals surface area contributed by atoms with Gasteiger partial charge in [0.15, 0.2) is 0 Å². The fraction of sp³-hybridized carbons (Fsp3) is 0.588. The molecule has 1 saturated heterocycles. The van der Waals surface area contributed by atoms with Crippen LogP contribution in [0.5, 0.6) is 0 Å². The number of pyridine rings is 1. The van der Waals surface area contributed by atoms with E-state index in [1.807, 2.05) is 6.92 Å². The number of amides is 2. The van der Waals surface area contributed by atoms with Gasteiger partial charge >= 0.3 is 0 Å². The van der Waals surface area contributed by atoms with Crippen molar-refractivity contribution in [3.8, 4) is 0 Å². The zero-order chi connectivity index (χ0) is 17.7. The lowest BCUT2D eigenvalue weighted by Gasteiger charge is -2.25. The van der Waals surface area contributed by atoms with E-state index in [9.17, 15) is 14.0 Å². The number of thioether (sulfide) groups is 1. The van der Waals surface area contributed by atoms with E-state index in [0.717, 1.165) is 18.9 Å². The van der Waals surface area contributed by atoms with Gasteiger partial charge in [0.25, 0.3) is 5.91 Å². The third-order valence-corrected chi connectivity index (χ3v) is 5.00. The number of aromatic nitrogens is 1. The lowest BCUT2D eigenvalue weighted by Crippen LogP contribution is -2.49. The van der Waals surface area contributed by atoms with Gasteiger partial charge < -0.3 is 10.2 Å². The monoisotopic (exact) mass is 353 g/mol. The van der Waals surface area contributed by atoms with E-state index in [2.05, 4.69) is 24.1 Å². The number of rotatable bonds is 6. The number of halogens is 1. The van der Waals surface area contributed by atoms with Crippen LogP contribution in [0.25, 0.3) is 0 Å². The third-order valence-electron chi connectivity index (χ3n) is 3.99. The van der Waals surface area contributed by atoms with Gasteiger partial charge in [-0.05, 0) is 31.7 Å². The molecule has 1 fully saturated rings. The van der Waals surface area contributed by atoms with Crippen molar-refractivity contribution in [2.24, 2.45) is 5.92 Å². The SMILES string of the molecule is CC(C)CCC(C)NC(=O)C1CSCN1C(=O)c1ccnc(F)c1. The lowest BCUT2D eigenvalue weighted by molar-refractivity contribution is -0.125. The fourth-order valence-corrected chi connectivity index (χ4v) is 3.71. The Bertz CT molecular complexity index is 597. The van der Waals surface area contributed by atoms with Gasteiger partial charge in [-0.15, -0.1) is 11.8 Å². The molecule has 1 aromatic heterocycles. The Morgan fingerprint density at radius 3 is 2.83 bits per heavy atom. The molecule has 132 valence electrons. The summed E-state index contributed by atoms with van der Waals surface area (Å²) in [6, 6.07) is 2.13. The van der Waals surface area contributed by atoms with E-state index in [0.29, 0.717) is 17.5 Å². The Morgan fingerprint density at radius 2 is 2.17 bits per heavy atom. The summed E-state index contributed by atoms with van der Waals surface area (Å²) in [7, 11) is 0. The van der Waals surface area contributed by atoms with Crippen LogP contribution in [-0.4, -0.2) is 45.4 Å². The predicted molar refractivity (Wildman–Crippen MR) is 93.2 cm³/mol. The minimum absolute atomic E-state index is 0.0702. The standard InChI is InChI=1S/C17H24FN3O2S/c1-11(2)4-5-12(3)20-16(22)14-9-24-10-21(14)17(23)13-6-7-19-15(18)8-13/h6-8,11-12,14H,4-5,9-10H2,1-3H3,(H,20,22). The molecule has 0 radical (unpaired) electrons. The van der Waals surface area contributed by atoms with Crippen molar-refractivity contribution in [1.82, 2.24) is 15.2 Å². The normalized spacial score (nSPS) is 18.7. The van der Waals surface area contributed by atoms with Crippen LogP contribution in [0.2, 0.25) is 0 Å². The van der Waals surface area contributed by atoms with Gasteiger partial charge in [-0.2, -0.15) is 4.39 Å². The molecule has 1 N–H and O–H groups in total. The maximum atomic E-state index is 13.2. The summed E-state index contributed by atoms with van der Waals surface area (Å²) < 4.78 is 13.2. The number of hydrogen-bond acceptors (Lipinski definition) is 4. The van der Waals surface area contributed by atoms with Crippen molar-refractivity contribution in [2.45, 2.75) is 45.7 Å². The molecule has 2 heterocycles. The fourth-order valence-electron chi connectivity index (χ4n) is 2.56. The Morgan fingerprint density at radius 1 is 1.42 bits per heavy atom. The molecule has 0 aliphatic carbocycles. The van der Waals surface area contributed by atoms with Gasteiger partial charge in [-0.1, -0.05) is 13.8 Å². The van der Waals surface area contributed by atoms with Crippen molar-refractivity contribution in [2.75, 3.05) is 11.6 Å². The van der Waals surface area contributed by atoms with Crippen LogP contribution in [0, 0.1) is 11.9 Å². The van der Waals surface area contributed by atoms with E-state index < -0.39 is 12.0 Å². The molecule has 2 unspecified atom stereocenters. The van der Waals surface area contributed by atoms with Crippen LogP contribution in [0.15, 0.2) is 18.3 Å². The van der Waals surface area contributed by atoms with E-state index in [-0.39, 0.29) is 23.4 Å². The first kappa shape index (κ1) is 18.7. The minimum Gasteiger partial charge on any atom is -0.352 e. The van der Waals surface area contributed by atoms with E-state index in [1.165, 1.54) is 28.9 Å². The second-order valence-corrected chi connectivity index (χ2v) is 7.54. The zero-order valence-electron chi connectivity index (χ0n) is 14.3. The highest BCUT2D eigenvalue weighted by Crippen LogP contribution is 2.23. The Balaban J connectivity index is 1.99. The average molecular weight is 353 g/mol. The first-order valence-electron chi connectivity index (χ1n) is 8.19. The molecule has 5 nitrogen and oxygen atoms in total. The van der Waals surface area contributed by atoms with Gasteiger partial charge in [0, 0.05) is 29.6 Å². The van der Waals surface area contributed by atoms with Crippen LogP contribution in [0.4, 0.5) is 4.39 Å². The molecule has 2 atom stereocenters. The maximum Gasteiger partial charge on any atom is 0.255 e. The van der Waals surface area contributed by atoms with Crippen molar-refractivity contribution < 1.29 is 14.0 Å². The highest BCUT2D eigenvalue weighted by Gasteiger charge is 2.35. The largest absolute Gasteiger partial charge is 0.352 e. The van der Waals surface area contributed by atoms with E-state index in [4.69, 9.17) is 0 Å². The van der Waals surface area contributed by atoms with E-state index in [1.54, 1.807) is 0 Å².